The predicted octanol–water partition coefficient (Wildman–Crippen LogP) is 4.63. The summed E-state index contributed by atoms with van der Waals surface area (Å²) in [6.07, 6.45) is 2.01. The van der Waals surface area contributed by atoms with Crippen LogP contribution >= 0.6 is 11.3 Å². The third kappa shape index (κ3) is 3.13. The third-order valence-corrected chi connectivity index (χ3v) is 6.96. The van der Waals surface area contributed by atoms with E-state index in [0.29, 0.717) is 0 Å². The summed E-state index contributed by atoms with van der Waals surface area (Å²) < 4.78 is 1.96. The average molecular weight is 382 g/mol. The van der Waals surface area contributed by atoms with Gasteiger partial charge in [0.1, 0.15) is 10.7 Å². The fourth-order valence-electron chi connectivity index (χ4n) is 4.20. The first-order valence-electron chi connectivity index (χ1n) is 9.65. The maximum Gasteiger partial charge on any atom is 0.263 e. The molecule has 1 aliphatic heterocycles. The number of aromatic nitrogens is 2. The Balaban J connectivity index is 1.93. The maximum absolute atomic E-state index is 13.6. The lowest BCUT2D eigenvalue weighted by atomic mass is 9.99. The standard InChI is InChI=1S/C22H27N3OS/c1-13-6-7-17(12-14(13)2)19-15(3)27-21-20(19)22(26)25(16(4)23-21)18-8-10-24(5)11-9-18/h6-7,12,18H,8-11H2,1-5H3. The number of nitrogens with zero attached hydrogens (tertiary/aromatic N) is 3. The van der Waals surface area contributed by atoms with Crippen LogP contribution in [-0.4, -0.2) is 34.6 Å². The minimum absolute atomic E-state index is 0.129. The van der Waals surface area contributed by atoms with E-state index in [2.05, 4.69) is 50.9 Å². The van der Waals surface area contributed by atoms with Crippen molar-refractivity contribution in [2.24, 2.45) is 0 Å². The fourth-order valence-corrected chi connectivity index (χ4v) is 5.28. The van der Waals surface area contributed by atoms with Gasteiger partial charge >= 0.3 is 0 Å². The molecule has 1 aromatic carbocycles. The Labute approximate surface area is 164 Å². The molecule has 4 rings (SSSR count). The second-order valence-electron chi connectivity index (χ2n) is 7.88. The molecule has 1 fully saturated rings. The normalized spacial score (nSPS) is 16.3. The first-order valence-corrected chi connectivity index (χ1v) is 10.5. The van der Waals surface area contributed by atoms with E-state index in [1.54, 1.807) is 11.3 Å². The molecule has 142 valence electrons. The first kappa shape index (κ1) is 18.4. The van der Waals surface area contributed by atoms with Crippen molar-refractivity contribution in [3.63, 3.8) is 0 Å². The molecule has 2 aromatic heterocycles. The summed E-state index contributed by atoms with van der Waals surface area (Å²) in [5, 5.41) is 0.797. The van der Waals surface area contributed by atoms with Gasteiger partial charge in [-0.1, -0.05) is 18.2 Å². The second-order valence-corrected chi connectivity index (χ2v) is 9.08. The zero-order valence-corrected chi connectivity index (χ0v) is 17.6. The summed E-state index contributed by atoms with van der Waals surface area (Å²) in [7, 11) is 2.15. The van der Waals surface area contributed by atoms with Gasteiger partial charge in [-0.15, -0.1) is 11.3 Å². The molecule has 3 heterocycles. The first-order chi connectivity index (χ1) is 12.9. The summed E-state index contributed by atoms with van der Waals surface area (Å²) in [5.74, 6) is 0.843. The molecule has 0 N–H and O–H groups in total. The number of fused-ring (bicyclic) bond motifs is 1. The van der Waals surface area contributed by atoms with Gasteiger partial charge in [0.15, 0.2) is 0 Å². The van der Waals surface area contributed by atoms with Gasteiger partial charge in [-0.25, -0.2) is 4.98 Å². The Morgan fingerprint density at radius 1 is 1.07 bits per heavy atom. The van der Waals surface area contributed by atoms with Crippen LogP contribution in [0.1, 0.15) is 40.7 Å². The molecule has 27 heavy (non-hydrogen) atoms. The second kappa shape index (κ2) is 6.88. The lowest BCUT2D eigenvalue weighted by Gasteiger charge is -2.31. The van der Waals surface area contributed by atoms with Gasteiger partial charge in [-0.2, -0.15) is 0 Å². The van der Waals surface area contributed by atoms with Crippen LogP contribution in [0.5, 0.6) is 0 Å². The minimum Gasteiger partial charge on any atom is -0.306 e. The Kier molecular flexibility index (Phi) is 4.68. The third-order valence-electron chi connectivity index (χ3n) is 5.96. The molecule has 3 aromatic rings. The molecule has 0 spiro atoms. The van der Waals surface area contributed by atoms with Crippen molar-refractivity contribution in [1.82, 2.24) is 14.5 Å². The molecular formula is C22H27N3OS. The number of piperidine rings is 1. The van der Waals surface area contributed by atoms with Crippen LogP contribution in [0, 0.1) is 27.7 Å². The Hall–Kier alpha value is -1.98. The summed E-state index contributed by atoms with van der Waals surface area (Å²) in [4.78, 5) is 22.8. The van der Waals surface area contributed by atoms with Gasteiger partial charge in [0, 0.05) is 16.5 Å². The fraction of sp³-hybridized carbons (Fsp3) is 0.455. The minimum atomic E-state index is 0.129. The van der Waals surface area contributed by atoms with E-state index in [9.17, 15) is 4.79 Å². The summed E-state index contributed by atoms with van der Waals surface area (Å²) >= 11 is 1.64. The summed E-state index contributed by atoms with van der Waals surface area (Å²) in [6, 6.07) is 6.72. The quantitative estimate of drug-likeness (QED) is 0.650. The molecule has 1 aliphatic rings. The van der Waals surface area contributed by atoms with Crippen molar-refractivity contribution in [2.75, 3.05) is 20.1 Å². The number of hydrogen-bond acceptors (Lipinski definition) is 4. The highest BCUT2D eigenvalue weighted by Gasteiger charge is 2.24. The number of benzene rings is 1. The monoisotopic (exact) mass is 381 g/mol. The Morgan fingerprint density at radius 2 is 1.78 bits per heavy atom. The maximum atomic E-state index is 13.6. The van der Waals surface area contributed by atoms with E-state index >= 15 is 0 Å². The number of thiophene rings is 1. The molecule has 0 atom stereocenters. The van der Waals surface area contributed by atoms with Gasteiger partial charge in [-0.3, -0.25) is 9.36 Å². The van der Waals surface area contributed by atoms with E-state index in [-0.39, 0.29) is 11.6 Å². The molecule has 0 bridgehead atoms. The van der Waals surface area contributed by atoms with Crippen molar-refractivity contribution in [1.29, 1.82) is 0 Å². The van der Waals surface area contributed by atoms with Crippen LogP contribution in [0.15, 0.2) is 23.0 Å². The molecule has 0 amide bonds. The van der Waals surface area contributed by atoms with Gasteiger partial charge in [-0.05, 0) is 77.4 Å². The number of rotatable bonds is 2. The molecule has 0 saturated carbocycles. The molecular weight excluding hydrogens is 354 g/mol. The van der Waals surface area contributed by atoms with Crippen LogP contribution in [0.3, 0.4) is 0 Å². The van der Waals surface area contributed by atoms with Crippen molar-refractivity contribution in [3.05, 3.63) is 50.4 Å². The highest BCUT2D eigenvalue weighted by Crippen LogP contribution is 2.37. The zero-order chi connectivity index (χ0) is 19.3. The van der Waals surface area contributed by atoms with Crippen LogP contribution in [-0.2, 0) is 0 Å². The summed E-state index contributed by atoms with van der Waals surface area (Å²) in [5.41, 5.74) is 4.84. The average Bonchev–Trinajstić information content (AvgIpc) is 2.95. The van der Waals surface area contributed by atoms with E-state index in [1.165, 1.54) is 16.0 Å². The molecule has 0 radical (unpaired) electrons. The highest BCUT2D eigenvalue weighted by atomic mass is 32.1. The molecule has 4 nitrogen and oxygen atoms in total. The molecule has 5 heteroatoms. The Bertz CT molecular complexity index is 1070. The largest absolute Gasteiger partial charge is 0.306 e. The van der Waals surface area contributed by atoms with Crippen molar-refractivity contribution >= 4 is 21.6 Å². The number of aryl methyl sites for hydroxylation is 4. The SMILES string of the molecule is Cc1ccc(-c2c(C)sc3nc(C)n(C4CCN(C)CC4)c(=O)c23)cc1C. The Morgan fingerprint density at radius 3 is 2.44 bits per heavy atom. The zero-order valence-electron chi connectivity index (χ0n) is 16.8. The lowest BCUT2D eigenvalue weighted by molar-refractivity contribution is 0.216. The van der Waals surface area contributed by atoms with Crippen LogP contribution in [0.25, 0.3) is 21.3 Å². The van der Waals surface area contributed by atoms with Crippen molar-refractivity contribution < 1.29 is 0 Å². The van der Waals surface area contributed by atoms with Gasteiger partial charge in [0.25, 0.3) is 5.56 Å². The number of likely N-dealkylation sites (tertiary alicyclic amines) is 1. The van der Waals surface area contributed by atoms with Crippen LogP contribution in [0.2, 0.25) is 0 Å². The topological polar surface area (TPSA) is 38.1 Å². The smallest absolute Gasteiger partial charge is 0.263 e. The number of hydrogen-bond donors (Lipinski definition) is 0. The summed E-state index contributed by atoms with van der Waals surface area (Å²) in [6.45, 7) is 10.4. The highest BCUT2D eigenvalue weighted by molar-refractivity contribution is 7.19. The lowest BCUT2D eigenvalue weighted by Crippen LogP contribution is -2.36. The molecule has 1 saturated heterocycles. The van der Waals surface area contributed by atoms with E-state index in [4.69, 9.17) is 4.98 Å². The van der Waals surface area contributed by atoms with Crippen LogP contribution in [0.4, 0.5) is 0 Å². The van der Waals surface area contributed by atoms with Crippen molar-refractivity contribution in [3.8, 4) is 11.1 Å². The van der Waals surface area contributed by atoms with E-state index in [1.807, 2.05) is 11.5 Å². The predicted molar refractivity (Wildman–Crippen MR) is 114 cm³/mol. The van der Waals surface area contributed by atoms with E-state index < -0.39 is 0 Å². The van der Waals surface area contributed by atoms with Gasteiger partial charge in [0.05, 0.1) is 5.39 Å². The van der Waals surface area contributed by atoms with Crippen molar-refractivity contribution in [2.45, 2.75) is 46.6 Å². The van der Waals surface area contributed by atoms with Gasteiger partial charge in [0.2, 0.25) is 0 Å². The molecule has 0 aliphatic carbocycles. The van der Waals surface area contributed by atoms with Gasteiger partial charge < -0.3 is 4.90 Å². The molecule has 0 unspecified atom stereocenters. The van der Waals surface area contributed by atoms with E-state index in [0.717, 1.165) is 53.1 Å². The van der Waals surface area contributed by atoms with Crippen LogP contribution < -0.4 is 5.56 Å².